The lowest BCUT2D eigenvalue weighted by Crippen LogP contribution is -2.48. The second-order valence-electron chi connectivity index (χ2n) is 8.19. The van der Waals surface area contributed by atoms with Crippen LogP contribution in [0.25, 0.3) is 0 Å². The number of urea groups is 1. The lowest BCUT2D eigenvalue weighted by atomic mass is 10.0. The first-order chi connectivity index (χ1) is 17.0. The molecule has 1 fully saturated rings. The van der Waals surface area contributed by atoms with Crippen molar-refractivity contribution in [1.29, 1.82) is 0 Å². The van der Waals surface area contributed by atoms with Crippen LogP contribution in [0.2, 0.25) is 0 Å². The van der Waals surface area contributed by atoms with E-state index >= 15 is 0 Å². The van der Waals surface area contributed by atoms with Gasteiger partial charge in [-0.05, 0) is 42.5 Å². The Morgan fingerprint density at radius 3 is 2.37 bits per heavy atom. The Labute approximate surface area is 204 Å². The summed E-state index contributed by atoms with van der Waals surface area (Å²) in [6.07, 6.45) is 2.24. The molecule has 0 bridgehead atoms. The lowest BCUT2D eigenvalue weighted by molar-refractivity contribution is -0.145. The van der Waals surface area contributed by atoms with Crippen molar-refractivity contribution >= 4 is 29.2 Å². The summed E-state index contributed by atoms with van der Waals surface area (Å²) >= 11 is 0. The van der Waals surface area contributed by atoms with Gasteiger partial charge in [0.2, 0.25) is 12.7 Å². The molecule has 0 unspecified atom stereocenters. The second kappa shape index (κ2) is 11.1. The van der Waals surface area contributed by atoms with Gasteiger partial charge in [0, 0.05) is 30.5 Å². The smallest absolute Gasteiger partial charge is 0.340 e. The van der Waals surface area contributed by atoms with Gasteiger partial charge in [0.05, 0.1) is 0 Å². The molecule has 0 radical (unpaired) electrons. The number of fused-ring (bicyclic) bond motifs is 1. The average molecular weight is 483 g/mol. The summed E-state index contributed by atoms with van der Waals surface area (Å²) in [4.78, 5) is 38.0. The number of benzene rings is 2. The Balaban J connectivity index is 1.28. The highest BCUT2D eigenvalue weighted by molar-refractivity contribution is 5.94. The third kappa shape index (κ3) is 5.65. The van der Waals surface area contributed by atoms with E-state index in [0.717, 1.165) is 29.7 Å². The second-order valence-corrected chi connectivity index (χ2v) is 8.19. The van der Waals surface area contributed by atoms with E-state index in [0.29, 0.717) is 36.7 Å². The molecule has 4 rings (SSSR count). The van der Waals surface area contributed by atoms with E-state index in [1.54, 1.807) is 18.2 Å². The maximum absolute atomic E-state index is 13.0. The van der Waals surface area contributed by atoms with Crippen molar-refractivity contribution in [3.8, 4) is 11.5 Å². The fraction of sp³-hybridized carbons (Fsp3) is 0.400. The molecule has 2 heterocycles. The van der Waals surface area contributed by atoms with E-state index in [1.165, 1.54) is 10.0 Å². The van der Waals surface area contributed by atoms with E-state index in [2.05, 4.69) is 10.6 Å². The number of anilines is 2. The molecule has 2 aliphatic rings. The van der Waals surface area contributed by atoms with Gasteiger partial charge in [-0.3, -0.25) is 9.59 Å². The van der Waals surface area contributed by atoms with E-state index in [1.807, 2.05) is 32.0 Å². The summed E-state index contributed by atoms with van der Waals surface area (Å²) in [6.45, 7) is 4.45. The first kappa shape index (κ1) is 24.3. The number of hydrogen-bond acceptors (Lipinski definition) is 6. The fourth-order valence-corrected chi connectivity index (χ4v) is 4.13. The van der Waals surface area contributed by atoms with Crippen LogP contribution in [0, 0.1) is 0 Å². The van der Waals surface area contributed by atoms with E-state index in [-0.39, 0.29) is 31.9 Å². The molecular weight excluding hydrogens is 452 g/mol. The Morgan fingerprint density at radius 2 is 1.63 bits per heavy atom. The number of amides is 4. The summed E-state index contributed by atoms with van der Waals surface area (Å²) in [7, 11) is 0. The highest BCUT2D eigenvalue weighted by Gasteiger charge is 2.31. The molecule has 0 atom stereocenters. The van der Waals surface area contributed by atoms with Crippen molar-refractivity contribution in [3.63, 3.8) is 0 Å². The third-order valence-electron chi connectivity index (χ3n) is 5.90. The zero-order valence-corrected chi connectivity index (χ0v) is 20.0. The van der Waals surface area contributed by atoms with Crippen LogP contribution in [0.15, 0.2) is 36.4 Å². The van der Waals surface area contributed by atoms with Crippen LogP contribution >= 0.6 is 0 Å². The zero-order valence-electron chi connectivity index (χ0n) is 20.0. The maximum atomic E-state index is 13.0. The molecule has 0 spiro atoms. The van der Waals surface area contributed by atoms with Crippen LogP contribution in [0.1, 0.15) is 31.4 Å². The normalized spacial score (nSPS) is 14.2. The van der Waals surface area contributed by atoms with Gasteiger partial charge in [0.1, 0.15) is 13.2 Å². The molecule has 2 N–H and O–H groups in total. The third-order valence-corrected chi connectivity index (χ3v) is 5.90. The molecule has 0 saturated carbocycles. The molecule has 4 amide bonds. The number of nitrogens with zero attached hydrogens (tertiary/aromatic N) is 2. The van der Waals surface area contributed by atoms with Gasteiger partial charge < -0.3 is 24.8 Å². The minimum atomic E-state index is -0.407. The number of carbonyl (C=O) groups is 3. The van der Waals surface area contributed by atoms with Crippen LogP contribution in [0.3, 0.4) is 0 Å². The Bertz CT molecular complexity index is 1080. The molecule has 35 heavy (non-hydrogen) atoms. The van der Waals surface area contributed by atoms with E-state index in [9.17, 15) is 14.4 Å². The SMILES string of the molecule is CCc1cccc(CC)c1NC(=O)N1CCCN1C(=O)COCC(=O)Nc1ccc2c(c1)OCO2. The number of hydrogen-bond donors (Lipinski definition) is 2. The van der Waals surface area contributed by atoms with Gasteiger partial charge >= 0.3 is 6.03 Å². The summed E-state index contributed by atoms with van der Waals surface area (Å²) < 4.78 is 15.9. The number of carbonyl (C=O) groups excluding carboxylic acids is 3. The van der Waals surface area contributed by atoms with Gasteiger partial charge in [-0.25, -0.2) is 14.8 Å². The number of ether oxygens (including phenoxy) is 3. The first-order valence-corrected chi connectivity index (χ1v) is 11.8. The molecule has 0 aromatic heterocycles. The van der Waals surface area contributed by atoms with Crippen molar-refractivity contribution in [3.05, 3.63) is 47.5 Å². The first-order valence-electron chi connectivity index (χ1n) is 11.8. The molecule has 2 aromatic carbocycles. The topological polar surface area (TPSA) is 109 Å². The number of hydrazine groups is 1. The van der Waals surface area contributed by atoms with Crippen LogP contribution < -0.4 is 20.1 Å². The minimum Gasteiger partial charge on any atom is -0.454 e. The molecule has 1 saturated heterocycles. The minimum absolute atomic E-state index is 0.147. The molecule has 186 valence electrons. The van der Waals surface area contributed by atoms with Crippen LogP contribution in [-0.4, -0.2) is 61.0 Å². The van der Waals surface area contributed by atoms with Gasteiger partial charge in [-0.1, -0.05) is 32.0 Å². The summed E-state index contributed by atoms with van der Waals surface area (Å²) in [5.41, 5.74) is 3.44. The van der Waals surface area contributed by atoms with Crippen LogP contribution in [0.5, 0.6) is 11.5 Å². The lowest BCUT2D eigenvalue weighted by Gasteiger charge is -2.28. The van der Waals surface area contributed by atoms with Crippen LogP contribution in [-0.2, 0) is 27.2 Å². The van der Waals surface area contributed by atoms with E-state index in [4.69, 9.17) is 14.2 Å². The molecule has 10 nitrogen and oxygen atoms in total. The molecule has 2 aliphatic heterocycles. The Hall–Kier alpha value is -3.79. The molecular formula is C25H30N4O6. The number of rotatable bonds is 8. The number of aryl methyl sites for hydroxylation is 2. The van der Waals surface area contributed by atoms with Gasteiger partial charge in [0.15, 0.2) is 11.5 Å². The fourth-order valence-electron chi connectivity index (χ4n) is 4.13. The quantitative estimate of drug-likeness (QED) is 0.598. The van der Waals surface area contributed by atoms with Crippen LogP contribution in [0.4, 0.5) is 16.2 Å². The van der Waals surface area contributed by atoms with Crippen molar-refractivity contribution in [2.45, 2.75) is 33.1 Å². The number of nitrogens with one attached hydrogen (secondary N) is 2. The predicted octanol–water partition coefficient (Wildman–Crippen LogP) is 3.18. The average Bonchev–Trinajstić information content (AvgIpc) is 3.53. The predicted molar refractivity (Wildman–Crippen MR) is 129 cm³/mol. The van der Waals surface area contributed by atoms with Crippen molar-refractivity contribution < 1.29 is 28.6 Å². The van der Waals surface area contributed by atoms with Gasteiger partial charge in [-0.15, -0.1) is 0 Å². The summed E-state index contributed by atoms with van der Waals surface area (Å²) in [5.74, 6) is 0.385. The monoisotopic (exact) mass is 482 g/mol. The van der Waals surface area contributed by atoms with Crippen molar-refractivity contribution in [2.24, 2.45) is 0 Å². The summed E-state index contributed by atoms with van der Waals surface area (Å²) in [5, 5.41) is 8.48. The van der Waals surface area contributed by atoms with Crippen molar-refractivity contribution in [2.75, 3.05) is 43.7 Å². The van der Waals surface area contributed by atoms with Gasteiger partial charge in [0.25, 0.3) is 5.91 Å². The zero-order chi connectivity index (χ0) is 24.8. The molecule has 10 heteroatoms. The molecule has 2 aromatic rings. The summed E-state index contributed by atoms with van der Waals surface area (Å²) in [6, 6.07) is 10.7. The highest BCUT2D eigenvalue weighted by Crippen LogP contribution is 2.34. The Kier molecular flexibility index (Phi) is 7.71. The highest BCUT2D eigenvalue weighted by atomic mass is 16.7. The molecule has 0 aliphatic carbocycles. The number of para-hydroxylation sites is 1. The maximum Gasteiger partial charge on any atom is 0.340 e. The van der Waals surface area contributed by atoms with Crippen molar-refractivity contribution in [1.82, 2.24) is 10.0 Å². The standard InChI is InChI=1S/C25H30N4O6/c1-3-17-7-5-8-18(4-2)24(17)27-25(32)29-12-6-11-28(29)23(31)15-33-14-22(30)26-19-9-10-20-21(13-19)35-16-34-20/h5,7-10,13H,3-4,6,11-12,14-16H2,1-2H3,(H,26,30)(H,27,32). The van der Waals surface area contributed by atoms with Gasteiger partial charge in [-0.2, -0.15) is 0 Å². The van der Waals surface area contributed by atoms with E-state index < -0.39 is 5.91 Å². The largest absolute Gasteiger partial charge is 0.454 e. The Morgan fingerprint density at radius 1 is 0.914 bits per heavy atom.